The van der Waals surface area contributed by atoms with E-state index < -0.39 is 0 Å². The van der Waals surface area contributed by atoms with Crippen LogP contribution in [-0.2, 0) is 16.6 Å². The first-order chi connectivity index (χ1) is 10.6. The van der Waals surface area contributed by atoms with Gasteiger partial charge in [-0.05, 0) is 31.2 Å². The van der Waals surface area contributed by atoms with Crippen LogP contribution < -0.4 is 5.32 Å². The number of hydrogen-bond donors (Lipinski definition) is 1. The summed E-state index contributed by atoms with van der Waals surface area (Å²) >= 11 is 1.30. The predicted molar refractivity (Wildman–Crippen MR) is 82.8 cm³/mol. The van der Waals surface area contributed by atoms with Gasteiger partial charge in [0, 0.05) is 12.7 Å². The molecule has 1 N–H and O–H groups in total. The first-order valence-electron chi connectivity index (χ1n) is 6.64. The molecule has 0 atom stereocenters. The Labute approximate surface area is 132 Å². The van der Waals surface area contributed by atoms with Gasteiger partial charge in [0.25, 0.3) is 0 Å². The van der Waals surface area contributed by atoms with Crippen molar-refractivity contribution in [3.63, 3.8) is 0 Å². The van der Waals surface area contributed by atoms with Gasteiger partial charge in [-0.2, -0.15) is 0 Å². The zero-order chi connectivity index (χ0) is 15.9. The minimum Gasteiger partial charge on any atom is -0.462 e. The molecule has 0 radical (unpaired) electrons. The van der Waals surface area contributed by atoms with Crippen LogP contribution >= 0.6 is 11.8 Å². The summed E-state index contributed by atoms with van der Waals surface area (Å²) in [5.74, 6) is -0.304. The topological polar surface area (TPSA) is 86.1 Å². The number of aryl methyl sites for hydroxylation is 1. The van der Waals surface area contributed by atoms with Crippen LogP contribution in [-0.4, -0.2) is 39.0 Å². The third kappa shape index (κ3) is 4.32. The van der Waals surface area contributed by atoms with Crippen LogP contribution in [0.25, 0.3) is 0 Å². The summed E-state index contributed by atoms with van der Waals surface area (Å²) in [6, 6.07) is 6.56. The summed E-state index contributed by atoms with van der Waals surface area (Å²) in [5.41, 5.74) is 1.07. The van der Waals surface area contributed by atoms with E-state index in [9.17, 15) is 9.59 Å². The Morgan fingerprint density at radius 2 is 2.05 bits per heavy atom. The van der Waals surface area contributed by atoms with Crippen molar-refractivity contribution in [3.8, 4) is 0 Å². The molecule has 1 aromatic heterocycles. The van der Waals surface area contributed by atoms with Crippen LogP contribution in [0.1, 0.15) is 17.3 Å². The van der Waals surface area contributed by atoms with Crippen molar-refractivity contribution in [3.05, 3.63) is 36.2 Å². The molecule has 0 aliphatic carbocycles. The van der Waals surface area contributed by atoms with Gasteiger partial charge in [0.05, 0.1) is 17.9 Å². The highest BCUT2D eigenvalue weighted by Crippen LogP contribution is 2.15. The monoisotopic (exact) mass is 320 g/mol. The fourth-order valence-electron chi connectivity index (χ4n) is 1.63. The largest absolute Gasteiger partial charge is 0.462 e. The van der Waals surface area contributed by atoms with Crippen molar-refractivity contribution in [1.82, 2.24) is 14.8 Å². The number of benzene rings is 1. The van der Waals surface area contributed by atoms with Gasteiger partial charge in [-0.1, -0.05) is 11.8 Å². The first kappa shape index (κ1) is 16.0. The second-order valence-corrected chi connectivity index (χ2v) is 5.30. The number of ether oxygens (including phenoxy) is 1. The molecule has 0 bridgehead atoms. The molecular weight excluding hydrogens is 304 g/mol. The molecule has 0 aliphatic heterocycles. The normalized spacial score (nSPS) is 10.3. The van der Waals surface area contributed by atoms with E-state index >= 15 is 0 Å². The minimum absolute atomic E-state index is 0.156. The van der Waals surface area contributed by atoms with E-state index in [2.05, 4.69) is 15.5 Å². The lowest BCUT2D eigenvalue weighted by molar-refractivity contribution is -0.113. The van der Waals surface area contributed by atoms with E-state index in [0.717, 1.165) is 0 Å². The third-order valence-electron chi connectivity index (χ3n) is 2.68. The highest BCUT2D eigenvalue weighted by atomic mass is 32.2. The second kappa shape index (κ2) is 7.60. The quantitative estimate of drug-likeness (QED) is 0.644. The Morgan fingerprint density at radius 3 is 2.64 bits per heavy atom. The number of aromatic nitrogens is 3. The SMILES string of the molecule is CCOC(=O)c1ccc(NC(=O)CSc2nncn2C)cc1. The first-order valence-corrected chi connectivity index (χ1v) is 7.62. The summed E-state index contributed by atoms with van der Waals surface area (Å²) in [5, 5.41) is 11.1. The average molecular weight is 320 g/mol. The Morgan fingerprint density at radius 1 is 1.32 bits per heavy atom. The molecule has 0 aliphatic rings. The number of thioether (sulfide) groups is 1. The fourth-order valence-corrected chi connectivity index (χ4v) is 2.32. The Kier molecular flexibility index (Phi) is 5.54. The van der Waals surface area contributed by atoms with Crippen molar-refractivity contribution in [1.29, 1.82) is 0 Å². The standard InChI is InChI=1S/C14H16N4O3S/c1-3-21-13(20)10-4-6-11(7-5-10)16-12(19)8-22-14-17-15-9-18(14)2/h4-7,9H,3,8H2,1-2H3,(H,16,19). The van der Waals surface area contributed by atoms with Crippen molar-refractivity contribution in [2.45, 2.75) is 12.1 Å². The molecule has 8 heteroatoms. The van der Waals surface area contributed by atoms with Gasteiger partial charge >= 0.3 is 5.97 Å². The number of amides is 1. The molecule has 2 rings (SSSR count). The van der Waals surface area contributed by atoms with E-state index in [1.54, 1.807) is 42.1 Å². The number of carbonyl (C=O) groups is 2. The molecule has 0 saturated carbocycles. The molecule has 0 saturated heterocycles. The van der Waals surface area contributed by atoms with Gasteiger partial charge < -0.3 is 14.6 Å². The highest BCUT2D eigenvalue weighted by molar-refractivity contribution is 7.99. The number of rotatable bonds is 6. The maximum atomic E-state index is 11.9. The Balaban J connectivity index is 1.86. The average Bonchev–Trinajstić information content (AvgIpc) is 2.91. The molecule has 0 fully saturated rings. The lowest BCUT2D eigenvalue weighted by Crippen LogP contribution is -2.14. The molecule has 0 unspecified atom stereocenters. The number of esters is 1. The van der Waals surface area contributed by atoms with Gasteiger partial charge in [-0.25, -0.2) is 4.79 Å². The predicted octanol–water partition coefficient (Wildman–Crippen LogP) is 1.72. The molecule has 116 valence electrons. The van der Waals surface area contributed by atoms with Crippen LogP contribution in [0, 0.1) is 0 Å². The molecular formula is C14H16N4O3S. The summed E-state index contributed by atoms with van der Waals surface area (Å²) in [4.78, 5) is 23.4. The zero-order valence-corrected chi connectivity index (χ0v) is 13.1. The van der Waals surface area contributed by atoms with Gasteiger partial charge in [-0.3, -0.25) is 4.79 Å². The summed E-state index contributed by atoms with van der Waals surface area (Å²) in [6.07, 6.45) is 1.58. The number of anilines is 1. The maximum absolute atomic E-state index is 11.9. The third-order valence-corrected chi connectivity index (χ3v) is 3.72. The lowest BCUT2D eigenvalue weighted by Gasteiger charge is -2.06. The molecule has 1 heterocycles. The van der Waals surface area contributed by atoms with Crippen LogP contribution in [0.15, 0.2) is 35.7 Å². The maximum Gasteiger partial charge on any atom is 0.338 e. The van der Waals surface area contributed by atoms with Gasteiger partial charge in [0.15, 0.2) is 5.16 Å². The van der Waals surface area contributed by atoms with Gasteiger partial charge in [0.2, 0.25) is 5.91 Å². The van der Waals surface area contributed by atoms with Crippen LogP contribution in [0.2, 0.25) is 0 Å². The Hall–Kier alpha value is -2.35. The van der Waals surface area contributed by atoms with Crippen LogP contribution in [0.3, 0.4) is 0 Å². The lowest BCUT2D eigenvalue weighted by atomic mass is 10.2. The molecule has 1 aromatic carbocycles. The number of nitrogens with zero attached hydrogens (tertiary/aromatic N) is 3. The summed E-state index contributed by atoms with van der Waals surface area (Å²) in [7, 11) is 1.81. The number of hydrogen-bond acceptors (Lipinski definition) is 6. The highest BCUT2D eigenvalue weighted by Gasteiger charge is 2.09. The molecule has 1 amide bonds. The molecule has 7 nitrogen and oxygen atoms in total. The van der Waals surface area contributed by atoms with Crippen LogP contribution in [0.4, 0.5) is 5.69 Å². The Bertz CT molecular complexity index is 654. The van der Waals surface area contributed by atoms with Crippen molar-refractivity contribution >= 4 is 29.3 Å². The number of carbonyl (C=O) groups excluding carboxylic acids is 2. The molecule has 22 heavy (non-hydrogen) atoms. The van der Waals surface area contributed by atoms with Crippen molar-refractivity contribution < 1.29 is 14.3 Å². The van der Waals surface area contributed by atoms with Crippen molar-refractivity contribution in [2.75, 3.05) is 17.7 Å². The van der Waals surface area contributed by atoms with Crippen molar-refractivity contribution in [2.24, 2.45) is 7.05 Å². The van der Waals surface area contributed by atoms with Gasteiger partial charge in [0.1, 0.15) is 6.33 Å². The van der Waals surface area contributed by atoms with E-state index in [-0.39, 0.29) is 17.6 Å². The fraction of sp³-hybridized carbons (Fsp3) is 0.286. The zero-order valence-electron chi connectivity index (χ0n) is 12.3. The summed E-state index contributed by atoms with van der Waals surface area (Å²) < 4.78 is 6.64. The van der Waals surface area contributed by atoms with E-state index in [0.29, 0.717) is 23.0 Å². The molecule has 2 aromatic rings. The number of nitrogens with one attached hydrogen (secondary N) is 1. The minimum atomic E-state index is -0.377. The molecule has 0 spiro atoms. The van der Waals surface area contributed by atoms with E-state index in [4.69, 9.17) is 4.74 Å². The van der Waals surface area contributed by atoms with E-state index in [1.807, 2.05) is 7.05 Å². The second-order valence-electron chi connectivity index (χ2n) is 4.36. The summed E-state index contributed by atoms with van der Waals surface area (Å²) in [6.45, 7) is 2.08. The van der Waals surface area contributed by atoms with Gasteiger partial charge in [-0.15, -0.1) is 10.2 Å². The van der Waals surface area contributed by atoms with Crippen LogP contribution in [0.5, 0.6) is 0 Å². The smallest absolute Gasteiger partial charge is 0.338 e. The van der Waals surface area contributed by atoms with E-state index in [1.165, 1.54) is 11.8 Å².